The molecule has 5 saturated heterocycles. The zero-order chi connectivity index (χ0) is 65.9. The fourth-order valence-corrected chi connectivity index (χ4v) is 19.3. The van der Waals surface area contributed by atoms with Crippen molar-refractivity contribution in [3.8, 4) is 0 Å². The predicted octanol–water partition coefficient (Wildman–Crippen LogP) is 8.17. The van der Waals surface area contributed by atoms with Crippen molar-refractivity contribution < 1.29 is 153 Å². The summed E-state index contributed by atoms with van der Waals surface area (Å²) in [6.07, 6.45) is 6.88. The second-order valence-electron chi connectivity index (χ2n) is 23.1. The number of likely N-dealkylation sites (tertiary alicyclic amines) is 2. The number of rotatable bonds is 24. The Morgan fingerprint density at radius 3 is 1.20 bits per heavy atom. The van der Waals surface area contributed by atoms with Crippen LogP contribution in [0.1, 0.15) is 120 Å². The van der Waals surface area contributed by atoms with Crippen LogP contribution in [0.25, 0.3) is 0 Å². The van der Waals surface area contributed by atoms with E-state index in [1.165, 1.54) is 0 Å². The molecule has 0 radical (unpaired) electrons. The summed E-state index contributed by atoms with van der Waals surface area (Å²) in [5.41, 5.74) is 2.93. The van der Waals surface area contributed by atoms with E-state index in [1.54, 1.807) is 0 Å². The van der Waals surface area contributed by atoms with Crippen LogP contribution in [0.5, 0.6) is 0 Å². The van der Waals surface area contributed by atoms with Crippen LogP contribution in [0.3, 0.4) is 0 Å². The molecule has 6 aliphatic rings. The van der Waals surface area contributed by atoms with Crippen LogP contribution in [-0.2, 0) is 94.7 Å². The minimum atomic E-state index is -5.54. The molecule has 6 rings (SSSR count). The van der Waals surface area contributed by atoms with E-state index >= 15 is 0 Å². The first kappa shape index (κ1) is 77.9. The molecule has 12 N–H and O–H groups in total. The Balaban J connectivity index is 0.000000276. The van der Waals surface area contributed by atoms with E-state index in [1.807, 2.05) is 59.6 Å². The molecule has 0 aliphatic carbocycles. The van der Waals surface area contributed by atoms with Gasteiger partial charge in [-0.25, -0.2) is 41.1 Å². The number of hydrogen-bond donors (Lipinski definition) is 12. The quantitative estimate of drug-likeness (QED) is 0.0405. The van der Waals surface area contributed by atoms with Gasteiger partial charge in [0.15, 0.2) is 0 Å². The number of nitrogens with zero attached hydrogens (tertiary/aromatic N) is 3. The smallest absolute Gasteiger partial charge is 0.352 e. The summed E-state index contributed by atoms with van der Waals surface area (Å²) < 4.78 is 156. The molecule has 6 aliphatic heterocycles. The molecule has 0 aromatic rings. The van der Waals surface area contributed by atoms with E-state index in [2.05, 4.69) is 71.4 Å². The topological polar surface area (TPSA) is 517 Å². The molecular formula is C41H80N3O33P9. The molecule has 0 spiro atoms. The highest BCUT2D eigenvalue weighted by Crippen LogP contribution is 2.69. The van der Waals surface area contributed by atoms with E-state index in [-0.39, 0.29) is 28.7 Å². The molecule has 13 unspecified atom stereocenters. The Kier molecular flexibility index (Phi) is 26.6. The SMILES string of the molecule is C=C1CCC(C)=CN1C1OC(COP(=O)(O)OP(=O)(O)OP(=O)(O)O)CC1(C)C.C=C1CCC(C)CN1C1OC(COP(=O)(O)OP(=O)(O)OP(=O)(O)O)CC1(C)C.C=C1CCCCN1C1OC(COP(=O)(O)OP(=O)(O)OP(=O)(O)O)CC1(C)C. The molecule has 502 valence electrons. The third kappa shape index (κ3) is 26.1. The Morgan fingerprint density at radius 1 is 0.477 bits per heavy atom. The Hall–Kier alpha value is -0.530. The molecule has 0 aromatic carbocycles. The molecule has 0 saturated carbocycles. The lowest BCUT2D eigenvalue weighted by atomic mass is 9.85. The lowest BCUT2D eigenvalue weighted by Gasteiger charge is -2.43. The highest BCUT2D eigenvalue weighted by atomic mass is 31.3. The lowest BCUT2D eigenvalue weighted by Crippen LogP contribution is -2.46. The summed E-state index contributed by atoms with van der Waals surface area (Å²) in [5.74, 6) is 0.467. The average molecular weight is 1420 g/mol. The molecule has 45 heteroatoms. The molecule has 13 atom stereocenters. The molecule has 6 heterocycles. The summed E-state index contributed by atoms with van der Waals surface area (Å²) in [6, 6.07) is 0. The second-order valence-corrected chi connectivity index (χ2v) is 36.4. The van der Waals surface area contributed by atoms with Gasteiger partial charge in [0.05, 0.1) is 38.1 Å². The summed E-state index contributed by atoms with van der Waals surface area (Å²) in [7, 11) is -48.4. The largest absolute Gasteiger partial charge is 0.490 e. The number of phosphoric ester groups is 3. The van der Waals surface area contributed by atoms with Gasteiger partial charge < -0.3 is 87.6 Å². The normalized spacial score (nSPS) is 30.5. The average Bonchev–Trinajstić information content (AvgIpc) is 3.17. The third-order valence-corrected chi connectivity index (χ3v) is 24.9. The Bertz CT molecular complexity index is 2930. The van der Waals surface area contributed by atoms with Crippen LogP contribution in [0.2, 0.25) is 0 Å². The maximum atomic E-state index is 11.9. The number of hydrogen-bond acceptors (Lipinski definition) is 24. The Labute approximate surface area is 497 Å². The summed E-state index contributed by atoms with van der Waals surface area (Å²) in [6.45, 7) is 28.4. The molecule has 86 heavy (non-hydrogen) atoms. The van der Waals surface area contributed by atoms with Gasteiger partial charge in [0.2, 0.25) is 0 Å². The maximum absolute atomic E-state index is 11.9. The molecule has 0 aromatic heterocycles. The highest BCUT2D eigenvalue weighted by molar-refractivity contribution is 7.67. The highest BCUT2D eigenvalue weighted by Gasteiger charge is 2.51. The third-order valence-electron chi connectivity index (χ3n) is 13.5. The van der Waals surface area contributed by atoms with Crippen molar-refractivity contribution in [2.24, 2.45) is 22.2 Å². The van der Waals surface area contributed by atoms with E-state index in [0.29, 0.717) is 25.2 Å². The van der Waals surface area contributed by atoms with E-state index < -0.39 is 115 Å². The monoisotopic (exact) mass is 1420 g/mol. The second kappa shape index (κ2) is 29.4. The first-order valence-electron chi connectivity index (χ1n) is 25.9. The molecule has 36 nitrogen and oxygen atoms in total. The van der Waals surface area contributed by atoms with Crippen LogP contribution in [0, 0.1) is 22.2 Å². The molecule has 0 amide bonds. The van der Waals surface area contributed by atoms with Gasteiger partial charge in [-0.3, -0.25) is 13.6 Å². The number of ether oxygens (including phenoxy) is 3. The van der Waals surface area contributed by atoms with Crippen LogP contribution in [0.4, 0.5) is 0 Å². The Morgan fingerprint density at radius 2 is 0.826 bits per heavy atom. The van der Waals surface area contributed by atoms with E-state index in [9.17, 15) is 65.6 Å². The minimum absolute atomic E-state index is 0.310. The van der Waals surface area contributed by atoms with Crippen LogP contribution >= 0.6 is 70.4 Å². The van der Waals surface area contributed by atoms with Gasteiger partial charge in [-0.15, -0.1) is 0 Å². The number of allylic oxidation sites excluding steroid dienone is 4. The lowest BCUT2D eigenvalue weighted by molar-refractivity contribution is -0.0911. The zero-order valence-electron chi connectivity index (χ0n) is 48.2. The summed E-state index contributed by atoms with van der Waals surface area (Å²) in [4.78, 5) is 114. The number of piperidine rings is 2. The molecular weight excluding hydrogens is 1340 g/mol. The zero-order valence-corrected chi connectivity index (χ0v) is 56.2. The van der Waals surface area contributed by atoms with Gasteiger partial charge >= 0.3 is 70.4 Å². The maximum Gasteiger partial charge on any atom is 0.490 e. The van der Waals surface area contributed by atoms with Gasteiger partial charge in [-0.05, 0) is 77.0 Å². The van der Waals surface area contributed by atoms with Crippen molar-refractivity contribution in [1.82, 2.24) is 14.7 Å². The summed E-state index contributed by atoms with van der Waals surface area (Å²) in [5, 5.41) is 0. The van der Waals surface area contributed by atoms with Crippen LogP contribution in [-0.4, -0.2) is 143 Å². The first-order chi connectivity index (χ1) is 38.6. The fraction of sp³-hybridized carbons (Fsp3) is 0.805. The predicted molar refractivity (Wildman–Crippen MR) is 299 cm³/mol. The van der Waals surface area contributed by atoms with Gasteiger partial charge in [-0.1, -0.05) is 73.8 Å². The standard InChI is InChI=1S/C14H28NO11P3.C14H26NO11P3.C13H26NO11P3/c2*1-10-5-6-11(2)15(8-10)13-14(3,4)7-12(24-13)9-23-28(19,20)26-29(21,22)25-27(16,17)18;1-10-6-4-5-7-14(10)12-13(2,3)8-11(23-12)9-22-27(18,19)25-28(20,21)24-26(15,16)17/h10,12-13H,2,5-9H2,1,3-4H3,(H,19,20)(H,21,22)(H2,16,17,18);8,12-13H,2,5-7,9H2,1,3-4H3,(H,19,20)(H,21,22)(H2,16,17,18);11-12H,1,4-9H2,2-3H3,(H,18,19)(H,20,21)(H2,15,16,17). The number of phosphoric acid groups is 9. The van der Waals surface area contributed by atoms with Crippen LogP contribution < -0.4 is 0 Å². The van der Waals surface area contributed by atoms with E-state index in [4.69, 9.17) is 53.0 Å². The van der Waals surface area contributed by atoms with Crippen molar-refractivity contribution >= 4 is 70.4 Å². The molecule has 5 fully saturated rings. The van der Waals surface area contributed by atoms with E-state index in [0.717, 1.165) is 80.7 Å². The van der Waals surface area contributed by atoms with Gasteiger partial charge in [0.1, 0.15) is 18.7 Å². The van der Waals surface area contributed by atoms with Crippen molar-refractivity contribution in [2.75, 3.05) is 32.9 Å². The van der Waals surface area contributed by atoms with Crippen molar-refractivity contribution in [1.29, 1.82) is 0 Å². The van der Waals surface area contributed by atoms with Crippen LogP contribution in [0.15, 0.2) is 48.6 Å². The van der Waals surface area contributed by atoms with Crippen molar-refractivity contribution in [2.45, 2.75) is 157 Å². The summed E-state index contributed by atoms with van der Waals surface area (Å²) >= 11 is 0. The van der Waals surface area contributed by atoms with Gasteiger partial charge in [-0.2, -0.15) is 25.9 Å². The first-order valence-corrected chi connectivity index (χ1v) is 39.5. The fourth-order valence-electron chi connectivity index (χ4n) is 10.1. The minimum Gasteiger partial charge on any atom is -0.352 e. The van der Waals surface area contributed by atoms with Gasteiger partial charge in [0, 0.05) is 52.6 Å². The molecule has 0 bridgehead atoms. The van der Waals surface area contributed by atoms with Gasteiger partial charge in [0.25, 0.3) is 0 Å². The van der Waals surface area contributed by atoms with Crippen molar-refractivity contribution in [3.05, 3.63) is 48.6 Å². The van der Waals surface area contributed by atoms with Crippen molar-refractivity contribution in [3.63, 3.8) is 0 Å².